The monoisotopic (exact) mass is 370 g/mol. The predicted molar refractivity (Wildman–Crippen MR) is 96.9 cm³/mol. The highest BCUT2D eigenvalue weighted by molar-refractivity contribution is 7.99. The van der Waals surface area contributed by atoms with Crippen LogP contribution in [-0.4, -0.2) is 26.8 Å². The van der Waals surface area contributed by atoms with Gasteiger partial charge in [0, 0.05) is 23.4 Å². The Balaban J connectivity index is 1.58. The van der Waals surface area contributed by atoms with Crippen LogP contribution in [0.15, 0.2) is 58.2 Å². The minimum atomic E-state index is -0.480. The first-order valence-corrected chi connectivity index (χ1v) is 8.57. The van der Waals surface area contributed by atoms with Crippen molar-refractivity contribution in [3.8, 4) is 11.5 Å². The quantitative estimate of drug-likeness (QED) is 0.400. The van der Waals surface area contributed by atoms with Crippen molar-refractivity contribution in [2.45, 2.75) is 12.1 Å². The van der Waals surface area contributed by atoms with Gasteiger partial charge in [0.2, 0.25) is 11.8 Å². The van der Waals surface area contributed by atoms with Gasteiger partial charge in [-0.2, -0.15) is 0 Å². The molecule has 0 fully saturated rings. The lowest BCUT2D eigenvalue weighted by atomic mass is 10.2. The van der Waals surface area contributed by atoms with Crippen molar-refractivity contribution in [1.29, 1.82) is 0 Å². The van der Waals surface area contributed by atoms with Crippen molar-refractivity contribution in [3.05, 3.63) is 64.2 Å². The maximum Gasteiger partial charge on any atom is 0.277 e. The summed E-state index contributed by atoms with van der Waals surface area (Å²) in [6, 6.07) is 13.3. The van der Waals surface area contributed by atoms with Crippen LogP contribution >= 0.6 is 11.8 Å². The molecule has 0 saturated heterocycles. The van der Waals surface area contributed by atoms with Crippen molar-refractivity contribution in [1.82, 2.24) is 10.2 Å². The molecule has 1 N–H and O–H groups in total. The lowest BCUT2D eigenvalue weighted by Gasteiger charge is -2.04. The van der Waals surface area contributed by atoms with E-state index < -0.39 is 4.92 Å². The number of anilines is 1. The van der Waals surface area contributed by atoms with Gasteiger partial charge < -0.3 is 9.73 Å². The SMILES string of the molecule is Cc1cccc(NC(=O)CSc2nnc(-c3ccc([N+](=O)[O-])cc3)o2)c1. The number of rotatable bonds is 6. The molecule has 26 heavy (non-hydrogen) atoms. The number of thioether (sulfide) groups is 1. The molecule has 0 aliphatic carbocycles. The van der Waals surface area contributed by atoms with Gasteiger partial charge in [-0.1, -0.05) is 23.9 Å². The minimum Gasteiger partial charge on any atom is -0.411 e. The molecule has 9 heteroatoms. The maximum absolute atomic E-state index is 12.0. The summed E-state index contributed by atoms with van der Waals surface area (Å²) in [5.74, 6) is 0.174. The first-order chi connectivity index (χ1) is 12.5. The Morgan fingerprint density at radius 1 is 1.23 bits per heavy atom. The molecule has 8 nitrogen and oxygen atoms in total. The van der Waals surface area contributed by atoms with E-state index in [0.29, 0.717) is 5.56 Å². The van der Waals surface area contributed by atoms with E-state index in [1.165, 1.54) is 24.3 Å². The van der Waals surface area contributed by atoms with Crippen LogP contribution < -0.4 is 5.32 Å². The molecule has 3 aromatic rings. The van der Waals surface area contributed by atoms with E-state index in [9.17, 15) is 14.9 Å². The Morgan fingerprint density at radius 3 is 2.69 bits per heavy atom. The number of nitro benzene ring substituents is 1. The van der Waals surface area contributed by atoms with Gasteiger partial charge in [-0.25, -0.2) is 0 Å². The number of benzene rings is 2. The fraction of sp³-hybridized carbons (Fsp3) is 0.118. The van der Waals surface area contributed by atoms with Gasteiger partial charge in [0.15, 0.2) is 0 Å². The van der Waals surface area contributed by atoms with Gasteiger partial charge in [0.1, 0.15) is 0 Å². The molecule has 0 spiro atoms. The number of carbonyl (C=O) groups is 1. The average molecular weight is 370 g/mol. The summed E-state index contributed by atoms with van der Waals surface area (Å²) in [7, 11) is 0. The molecule has 1 aromatic heterocycles. The van der Waals surface area contributed by atoms with E-state index >= 15 is 0 Å². The molecule has 0 aliphatic heterocycles. The Hall–Kier alpha value is -3.20. The first-order valence-electron chi connectivity index (χ1n) is 7.59. The van der Waals surface area contributed by atoms with Crippen molar-refractivity contribution in [2.24, 2.45) is 0 Å². The van der Waals surface area contributed by atoms with Crippen LogP contribution in [0.4, 0.5) is 11.4 Å². The van der Waals surface area contributed by atoms with E-state index in [-0.39, 0.29) is 28.5 Å². The normalized spacial score (nSPS) is 10.5. The molecule has 0 radical (unpaired) electrons. The van der Waals surface area contributed by atoms with Gasteiger partial charge in [-0.3, -0.25) is 14.9 Å². The number of nitrogens with one attached hydrogen (secondary N) is 1. The lowest BCUT2D eigenvalue weighted by molar-refractivity contribution is -0.384. The molecule has 0 aliphatic rings. The van der Waals surface area contributed by atoms with Crippen molar-refractivity contribution < 1.29 is 14.1 Å². The van der Waals surface area contributed by atoms with Crippen LogP contribution in [0.5, 0.6) is 0 Å². The topological polar surface area (TPSA) is 111 Å². The second-order valence-corrected chi connectivity index (χ2v) is 6.31. The molecule has 0 saturated carbocycles. The molecule has 0 atom stereocenters. The summed E-state index contributed by atoms with van der Waals surface area (Å²) in [5, 5.41) is 21.5. The van der Waals surface area contributed by atoms with Crippen LogP contribution in [0.1, 0.15) is 5.56 Å². The molecule has 1 heterocycles. The zero-order valence-electron chi connectivity index (χ0n) is 13.7. The molecular formula is C17H14N4O4S. The van der Waals surface area contributed by atoms with Crippen LogP contribution in [0.2, 0.25) is 0 Å². The number of non-ortho nitro benzene ring substituents is 1. The van der Waals surface area contributed by atoms with Gasteiger partial charge in [0.25, 0.3) is 10.9 Å². The number of hydrogen-bond acceptors (Lipinski definition) is 7. The van der Waals surface area contributed by atoms with E-state index in [1.54, 1.807) is 0 Å². The van der Waals surface area contributed by atoms with Gasteiger partial charge in [0.05, 0.1) is 10.7 Å². The highest BCUT2D eigenvalue weighted by Crippen LogP contribution is 2.25. The standard InChI is InChI=1S/C17H14N4O4S/c1-11-3-2-4-13(9-11)18-15(22)10-26-17-20-19-16(25-17)12-5-7-14(8-6-12)21(23)24/h2-9H,10H2,1H3,(H,18,22). The van der Waals surface area contributed by atoms with Gasteiger partial charge in [-0.05, 0) is 36.8 Å². The van der Waals surface area contributed by atoms with Crippen LogP contribution in [0.3, 0.4) is 0 Å². The van der Waals surface area contributed by atoms with E-state index in [0.717, 1.165) is 23.0 Å². The van der Waals surface area contributed by atoms with Crippen LogP contribution in [0.25, 0.3) is 11.5 Å². The highest BCUT2D eigenvalue weighted by atomic mass is 32.2. The van der Waals surface area contributed by atoms with E-state index in [1.807, 2.05) is 31.2 Å². The third-order valence-electron chi connectivity index (χ3n) is 3.36. The third kappa shape index (κ3) is 4.45. The highest BCUT2D eigenvalue weighted by Gasteiger charge is 2.13. The van der Waals surface area contributed by atoms with E-state index in [4.69, 9.17) is 4.42 Å². The van der Waals surface area contributed by atoms with Gasteiger partial charge in [-0.15, -0.1) is 10.2 Å². The average Bonchev–Trinajstić information content (AvgIpc) is 3.09. The maximum atomic E-state index is 12.0. The second kappa shape index (κ2) is 7.79. The number of carbonyl (C=O) groups excluding carboxylic acids is 1. The summed E-state index contributed by atoms with van der Waals surface area (Å²) in [6.45, 7) is 1.95. The Kier molecular flexibility index (Phi) is 5.28. The largest absolute Gasteiger partial charge is 0.411 e. The second-order valence-electron chi connectivity index (χ2n) is 5.38. The summed E-state index contributed by atoms with van der Waals surface area (Å²) < 4.78 is 5.48. The molecular weight excluding hydrogens is 356 g/mol. The fourth-order valence-electron chi connectivity index (χ4n) is 2.16. The van der Waals surface area contributed by atoms with Crippen LogP contribution in [-0.2, 0) is 4.79 Å². The molecule has 2 aromatic carbocycles. The predicted octanol–water partition coefficient (Wildman–Crippen LogP) is 3.68. The van der Waals surface area contributed by atoms with Crippen LogP contribution in [0, 0.1) is 17.0 Å². The van der Waals surface area contributed by atoms with Gasteiger partial charge >= 0.3 is 0 Å². The molecule has 0 unspecified atom stereocenters. The zero-order valence-corrected chi connectivity index (χ0v) is 14.5. The first kappa shape index (κ1) is 17.6. The summed E-state index contributed by atoms with van der Waals surface area (Å²) >= 11 is 1.11. The Labute approximate surface area is 152 Å². The molecule has 0 bridgehead atoms. The molecule has 132 valence electrons. The Morgan fingerprint density at radius 2 is 2.00 bits per heavy atom. The number of nitro groups is 1. The fourth-order valence-corrected chi connectivity index (χ4v) is 2.72. The van der Waals surface area contributed by atoms with E-state index in [2.05, 4.69) is 15.5 Å². The number of hydrogen-bond donors (Lipinski definition) is 1. The molecule has 3 rings (SSSR count). The Bertz CT molecular complexity index is 940. The number of amides is 1. The summed E-state index contributed by atoms with van der Waals surface area (Å²) in [4.78, 5) is 22.2. The molecule has 1 amide bonds. The van der Waals surface area contributed by atoms with Crippen molar-refractivity contribution >= 4 is 29.0 Å². The number of nitrogens with zero attached hydrogens (tertiary/aromatic N) is 3. The van der Waals surface area contributed by atoms with Crippen molar-refractivity contribution in [2.75, 3.05) is 11.1 Å². The summed E-state index contributed by atoms with van der Waals surface area (Å²) in [5.41, 5.74) is 2.34. The van der Waals surface area contributed by atoms with Crippen molar-refractivity contribution in [3.63, 3.8) is 0 Å². The summed E-state index contributed by atoms with van der Waals surface area (Å²) in [6.07, 6.45) is 0. The number of aromatic nitrogens is 2. The number of aryl methyl sites for hydroxylation is 1. The third-order valence-corrected chi connectivity index (χ3v) is 4.18. The lowest BCUT2D eigenvalue weighted by Crippen LogP contribution is -2.13. The smallest absolute Gasteiger partial charge is 0.277 e. The minimum absolute atomic E-state index is 0.0179. The zero-order chi connectivity index (χ0) is 18.5.